The summed E-state index contributed by atoms with van der Waals surface area (Å²) >= 11 is 6.38. The summed E-state index contributed by atoms with van der Waals surface area (Å²) in [6.45, 7) is 1.08. The van der Waals surface area contributed by atoms with Gasteiger partial charge in [0.2, 0.25) is 10.0 Å². The maximum Gasteiger partial charge on any atom is 0.261 e. The van der Waals surface area contributed by atoms with Gasteiger partial charge >= 0.3 is 0 Å². The predicted octanol–water partition coefficient (Wildman–Crippen LogP) is 3.74. The third kappa shape index (κ3) is 4.51. The highest BCUT2D eigenvalue weighted by Crippen LogP contribution is 2.34. The molecule has 0 saturated carbocycles. The molecule has 3 aromatic rings. The minimum atomic E-state index is -3.71. The summed E-state index contributed by atoms with van der Waals surface area (Å²) in [4.78, 5) is 16.7. The maximum atomic E-state index is 12.5. The van der Waals surface area contributed by atoms with Gasteiger partial charge in [-0.2, -0.15) is 0 Å². The van der Waals surface area contributed by atoms with Crippen LogP contribution in [0.1, 0.15) is 12.0 Å². The number of anilines is 3. The van der Waals surface area contributed by atoms with Crippen LogP contribution in [0, 0.1) is 6.92 Å². The lowest BCUT2D eigenvalue weighted by atomic mass is 10.1. The van der Waals surface area contributed by atoms with E-state index < -0.39 is 16.7 Å². The normalized spacial score (nSPS) is 11.6. The molecule has 0 aliphatic rings. The van der Waals surface area contributed by atoms with Crippen LogP contribution in [0.25, 0.3) is 10.9 Å². The zero-order valence-corrected chi connectivity index (χ0v) is 17.4. The first-order chi connectivity index (χ1) is 13.7. The highest BCUT2D eigenvalue weighted by molar-refractivity contribution is 7.92. The lowest BCUT2D eigenvalue weighted by Crippen LogP contribution is -2.18. The van der Waals surface area contributed by atoms with E-state index in [-0.39, 0.29) is 28.4 Å². The fourth-order valence-corrected chi connectivity index (χ4v) is 4.28. The Morgan fingerprint density at radius 1 is 1.17 bits per heavy atom. The van der Waals surface area contributed by atoms with Crippen LogP contribution in [0.3, 0.4) is 0 Å². The van der Waals surface area contributed by atoms with Crippen molar-refractivity contribution in [2.75, 3.05) is 22.5 Å². The molecule has 0 atom stereocenters. The maximum absolute atomic E-state index is 12.5. The van der Waals surface area contributed by atoms with Crippen LogP contribution < -0.4 is 15.6 Å². The van der Waals surface area contributed by atoms with Gasteiger partial charge in [-0.1, -0.05) is 17.7 Å². The largest absolute Gasteiger partial charge is 0.354 e. The molecule has 0 spiro atoms. The van der Waals surface area contributed by atoms with Gasteiger partial charge in [0.25, 0.3) is 5.56 Å². The van der Waals surface area contributed by atoms with Gasteiger partial charge in [-0.15, -0.1) is 0 Å². The molecule has 154 valence electrons. The Morgan fingerprint density at radius 2 is 1.90 bits per heavy atom. The number of aryl methyl sites for hydroxylation is 2. The molecule has 2 aromatic carbocycles. The van der Waals surface area contributed by atoms with Crippen LogP contribution in [0.4, 0.5) is 21.5 Å². The molecule has 0 saturated heterocycles. The van der Waals surface area contributed by atoms with Crippen molar-refractivity contribution in [3.63, 3.8) is 0 Å². The van der Waals surface area contributed by atoms with Crippen LogP contribution in [0.2, 0.25) is 5.02 Å². The van der Waals surface area contributed by atoms with Gasteiger partial charge in [0.1, 0.15) is 0 Å². The Labute approximate surface area is 172 Å². The van der Waals surface area contributed by atoms with Crippen molar-refractivity contribution in [2.24, 2.45) is 7.05 Å². The van der Waals surface area contributed by atoms with E-state index in [0.717, 1.165) is 0 Å². The molecule has 7 nitrogen and oxygen atoms in total. The van der Waals surface area contributed by atoms with E-state index in [1.807, 2.05) is 0 Å². The summed E-state index contributed by atoms with van der Waals surface area (Å²) in [5.41, 5.74) is 2.39. The van der Waals surface area contributed by atoms with E-state index in [0.29, 0.717) is 27.8 Å². The molecule has 0 bridgehead atoms. The summed E-state index contributed by atoms with van der Waals surface area (Å²) in [5.74, 6) is -0.336. The van der Waals surface area contributed by atoms with Crippen molar-refractivity contribution in [2.45, 2.75) is 13.3 Å². The van der Waals surface area contributed by atoms with Gasteiger partial charge in [0.05, 0.1) is 46.1 Å². The topological polar surface area (TPSA) is 93.1 Å². The SMILES string of the molecule is Cc1c(Nc2cccc(NS(=O)(=O)CCCF)c2Cl)ccc2ncn(C)c(=O)c12. The van der Waals surface area contributed by atoms with Crippen molar-refractivity contribution in [3.05, 3.63) is 57.6 Å². The highest BCUT2D eigenvalue weighted by Gasteiger charge is 2.15. The summed E-state index contributed by atoms with van der Waals surface area (Å²) in [6, 6.07) is 8.35. The minimum Gasteiger partial charge on any atom is -0.354 e. The third-order valence-electron chi connectivity index (χ3n) is 4.43. The fraction of sp³-hybridized carbons (Fsp3) is 0.263. The Morgan fingerprint density at radius 3 is 2.62 bits per heavy atom. The smallest absolute Gasteiger partial charge is 0.261 e. The number of benzene rings is 2. The zero-order chi connectivity index (χ0) is 21.2. The van der Waals surface area contributed by atoms with Crippen LogP contribution in [0.15, 0.2) is 41.5 Å². The second-order valence-electron chi connectivity index (χ2n) is 6.55. The molecular formula is C19H20ClFN4O3S. The lowest BCUT2D eigenvalue weighted by Gasteiger charge is -2.15. The van der Waals surface area contributed by atoms with E-state index in [2.05, 4.69) is 15.0 Å². The molecule has 2 N–H and O–H groups in total. The predicted molar refractivity (Wildman–Crippen MR) is 114 cm³/mol. The number of fused-ring (bicyclic) bond motifs is 1. The zero-order valence-electron chi connectivity index (χ0n) is 15.9. The van der Waals surface area contributed by atoms with E-state index in [4.69, 9.17) is 11.6 Å². The van der Waals surface area contributed by atoms with Gasteiger partial charge in [-0.3, -0.25) is 13.9 Å². The van der Waals surface area contributed by atoms with Crippen molar-refractivity contribution < 1.29 is 12.8 Å². The first-order valence-corrected chi connectivity index (χ1v) is 10.8. The average molecular weight is 439 g/mol. The molecule has 0 aliphatic heterocycles. The molecule has 0 amide bonds. The number of nitrogens with one attached hydrogen (secondary N) is 2. The number of halogens is 2. The van der Waals surface area contributed by atoms with Crippen molar-refractivity contribution >= 4 is 49.6 Å². The number of alkyl halides is 1. The summed E-state index contributed by atoms with van der Waals surface area (Å²) < 4.78 is 40.2. The molecule has 0 radical (unpaired) electrons. The Bertz CT molecular complexity index is 1230. The number of sulfonamides is 1. The molecule has 10 heteroatoms. The molecule has 0 unspecified atom stereocenters. The summed E-state index contributed by atoms with van der Waals surface area (Å²) in [5, 5.41) is 3.79. The van der Waals surface area contributed by atoms with Gasteiger partial charge < -0.3 is 9.88 Å². The van der Waals surface area contributed by atoms with Gasteiger partial charge in [-0.25, -0.2) is 13.4 Å². The molecule has 3 rings (SSSR count). The summed E-state index contributed by atoms with van der Waals surface area (Å²) in [7, 11) is -2.08. The summed E-state index contributed by atoms with van der Waals surface area (Å²) in [6.07, 6.45) is 1.37. The van der Waals surface area contributed by atoms with Crippen LogP contribution in [-0.2, 0) is 17.1 Å². The van der Waals surface area contributed by atoms with Gasteiger partial charge in [0.15, 0.2) is 0 Å². The Hall–Kier alpha value is -2.65. The van der Waals surface area contributed by atoms with E-state index in [1.54, 1.807) is 38.2 Å². The number of rotatable bonds is 7. The second kappa shape index (κ2) is 8.38. The molecule has 29 heavy (non-hydrogen) atoms. The van der Waals surface area contributed by atoms with Gasteiger partial charge in [-0.05, 0) is 43.2 Å². The lowest BCUT2D eigenvalue weighted by molar-refractivity contribution is 0.484. The van der Waals surface area contributed by atoms with E-state index >= 15 is 0 Å². The standard InChI is InChI=1S/C19H20ClFN4O3S/c1-12-13(7-8-14-17(12)19(26)25(2)11-22-14)23-15-5-3-6-16(18(15)20)24-29(27,28)10-4-9-21/h3,5-8,11,23-24H,4,9-10H2,1-2H3. The highest BCUT2D eigenvalue weighted by atomic mass is 35.5. The van der Waals surface area contributed by atoms with Crippen LogP contribution in [-0.4, -0.2) is 30.4 Å². The second-order valence-corrected chi connectivity index (χ2v) is 8.77. The van der Waals surface area contributed by atoms with Crippen molar-refractivity contribution in [3.8, 4) is 0 Å². The molecular weight excluding hydrogens is 419 g/mol. The monoisotopic (exact) mass is 438 g/mol. The first-order valence-electron chi connectivity index (χ1n) is 8.80. The molecule has 1 aromatic heterocycles. The van der Waals surface area contributed by atoms with Crippen molar-refractivity contribution in [1.29, 1.82) is 0 Å². The number of aromatic nitrogens is 2. The van der Waals surface area contributed by atoms with Crippen molar-refractivity contribution in [1.82, 2.24) is 9.55 Å². The molecule has 0 aliphatic carbocycles. The van der Waals surface area contributed by atoms with Gasteiger partial charge in [0, 0.05) is 12.7 Å². The van der Waals surface area contributed by atoms with Crippen LogP contribution in [0.5, 0.6) is 0 Å². The van der Waals surface area contributed by atoms with Crippen LogP contribution >= 0.6 is 11.6 Å². The number of hydrogen-bond acceptors (Lipinski definition) is 5. The van der Waals surface area contributed by atoms with E-state index in [9.17, 15) is 17.6 Å². The van der Waals surface area contributed by atoms with E-state index in [1.165, 1.54) is 17.0 Å². The minimum absolute atomic E-state index is 0.0931. The quantitative estimate of drug-likeness (QED) is 0.586. The molecule has 1 heterocycles. The third-order valence-corrected chi connectivity index (χ3v) is 6.19. The Kier molecular flexibility index (Phi) is 6.09. The molecule has 0 fully saturated rings. The average Bonchev–Trinajstić information content (AvgIpc) is 2.68. The number of hydrogen-bond donors (Lipinski definition) is 2. The Balaban J connectivity index is 1.96. The fourth-order valence-electron chi connectivity index (χ4n) is 2.90. The first kappa shape index (κ1) is 21.1. The number of nitrogens with zero attached hydrogens (tertiary/aromatic N) is 2.